The van der Waals surface area contributed by atoms with Gasteiger partial charge in [-0.2, -0.15) is 0 Å². The molecule has 2 aromatic carbocycles. The predicted octanol–water partition coefficient (Wildman–Crippen LogP) is 2.46. The van der Waals surface area contributed by atoms with Crippen LogP contribution < -0.4 is 14.8 Å². The molecule has 0 aliphatic carbocycles. The van der Waals surface area contributed by atoms with E-state index in [2.05, 4.69) is 15.0 Å². The summed E-state index contributed by atoms with van der Waals surface area (Å²) >= 11 is 0. The number of benzene rings is 2. The van der Waals surface area contributed by atoms with E-state index in [1.165, 1.54) is 7.11 Å². The van der Waals surface area contributed by atoms with Crippen molar-refractivity contribution in [2.75, 3.05) is 24.9 Å². The van der Waals surface area contributed by atoms with Crippen LogP contribution >= 0.6 is 0 Å². The van der Waals surface area contributed by atoms with E-state index in [1.807, 2.05) is 19.9 Å². The van der Waals surface area contributed by atoms with E-state index in [-0.39, 0.29) is 4.90 Å². The molecule has 0 saturated heterocycles. The lowest BCUT2D eigenvalue weighted by atomic mass is 10.1. The largest absolute Gasteiger partial charge is 0.495 e. The topological polar surface area (TPSA) is 79.8 Å². The molecule has 1 aliphatic heterocycles. The van der Waals surface area contributed by atoms with Gasteiger partial charge in [-0.1, -0.05) is 12.1 Å². The van der Waals surface area contributed by atoms with Crippen molar-refractivity contribution in [2.24, 2.45) is 4.99 Å². The third-order valence-electron chi connectivity index (χ3n) is 4.13. The van der Waals surface area contributed by atoms with Gasteiger partial charge in [0.2, 0.25) is 0 Å². The summed E-state index contributed by atoms with van der Waals surface area (Å²) in [5.41, 5.74) is 3.20. The first-order valence-electron chi connectivity index (χ1n) is 7.97. The zero-order valence-electron chi connectivity index (χ0n) is 14.5. The highest BCUT2D eigenvalue weighted by atomic mass is 32.2. The fourth-order valence-electron chi connectivity index (χ4n) is 2.66. The Morgan fingerprint density at radius 1 is 1.16 bits per heavy atom. The maximum absolute atomic E-state index is 12.8. The Kier molecular flexibility index (Phi) is 4.67. The zero-order chi connectivity index (χ0) is 18.0. The zero-order valence-corrected chi connectivity index (χ0v) is 15.3. The minimum absolute atomic E-state index is 0.125. The second kappa shape index (κ2) is 6.76. The van der Waals surface area contributed by atoms with Gasteiger partial charge in [0.15, 0.2) is 0 Å². The standard InChI is InChI=1S/C18H21N3O3S/c1-12-9-16(24-3)17(10-13(12)2)25(22,23)21-15-6-4-5-14(11-15)18-19-7-8-20-18/h4-6,9-11,21H,7-8H2,1-3H3,(H,19,20). The predicted molar refractivity (Wildman–Crippen MR) is 99.1 cm³/mol. The van der Waals surface area contributed by atoms with Gasteiger partial charge in [0, 0.05) is 17.8 Å². The van der Waals surface area contributed by atoms with E-state index in [9.17, 15) is 8.42 Å². The van der Waals surface area contributed by atoms with Crippen LogP contribution in [0.2, 0.25) is 0 Å². The minimum Gasteiger partial charge on any atom is -0.495 e. The van der Waals surface area contributed by atoms with Crippen molar-refractivity contribution in [1.82, 2.24) is 5.32 Å². The van der Waals surface area contributed by atoms with Crippen molar-refractivity contribution in [3.05, 3.63) is 53.1 Å². The summed E-state index contributed by atoms with van der Waals surface area (Å²) in [6.07, 6.45) is 0. The lowest BCUT2D eigenvalue weighted by molar-refractivity contribution is 0.402. The fraction of sp³-hybridized carbons (Fsp3) is 0.278. The molecule has 1 heterocycles. The highest BCUT2D eigenvalue weighted by Crippen LogP contribution is 2.29. The van der Waals surface area contributed by atoms with Crippen molar-refractivity contribution in [1.29, 1.82) is 0 Å². The lowest BCUT2D eigenvalue weighted by Gasteiger charge is -2.14. The van der Waals surface area contributed by atoms with Crippen molar-refractivity contribution in [3.63, 3.8) is 0 Å². The van der Waals surface area contributed by atoms with Crippen LogP contribution in [0.3, 0.4) is 0 Å². The molecule has 7 heteroatoms. The fourth-order valence-corrected chi connectivity index (χ4v) is 3.95. The number of amidine groups is 1. The molecule has 0 unspecified atom stereocenters. The van der Waals surface area contributed by atoms with E-state index in [0.717, 1.165) is 35.6 Å². The molecule has 0 amide bonds. The molecule has 0 saturated carbocycles. The number of nitrogens with zero attached hydrogens (tertiary/aromatic N) is 1. The maximum atomic E-state index is 12.8. The number of ether oxygens (including phenoxy) is 1. The van der Waals surface area contributed by atoms with Gasteiger partial charge >= 0.3 is 0 Å². The van der Waals surface area contributed by atoms with Gasteiger partial charge in [0.05, 0.1) is 13.7 Å². The highest BCUT2D eigenvalue weighted by molar-refractivity contribution is 7.92. The van der Waals surface area contributed by atoms with Gasteiger partial charge in [-0.3, -0.25) is 9.71 Å². The number of sulfonamides is 1. The van der Waals surface area contributed by atoms with Crippen LogP contribution in [0.4, 0.5) is 5.69 Å². The molecule has 3 rings (SSSR count). The Morgan fingerprint density at radius 2 is 1.92 bits per heavy atom. The van der Waals surface area contributed by atoms with E-state index >= 15 is 0 Å². The van der Waals surface area contributed by atoms with Crippen molar-refractivity contribution >= 4 is 21.5 Å². The molecule has 2 N–H and O–H groups in total. The molecule has 0 atom stereocenters. The molecule has 0 spiro atoms. The average molecular weight is 359 g/mol. The smallest absolute Gasteiger partial charge is 0.265 e. The molecule has 2 aromatic rings. The molecule has 0 radical (unpaired) electrons. The van der Waals surface area contributed by atoms with Gasteiger partial charge in [-0.05, 0) is 49.2 Å². The molecule has 0 bridgehead atoms. The van der Waals surface area contributed by atoms with Crippen molar-refractivity contribution in [3.8, 4) is 5.75 Å². The maximum Gasteiger partial charge on any atom is 0.265 e. The Hall–Kier alpha value is -2.54. The highest BCUT2D eigenvalue weighted by Gasteiger charge is 2.21. The SMILES string of the molecule is COc1cc(C)c(C)cc1S(=O)(=O)Nc1cccc(C2=NCCN2)c1. The normalized spacial score (nSPS) is 14.0. The summed E-state index contributed by atoms with van der Waals surface area (Å²) in [4.78, 5) is 4.48. The molecular formula is C18H21N3O3S. The van der Waals surface area contributed by atoms with Crippen LogP contribution in [0.5, 0.6) is 5.75 Å². The van der Waals surface area contributed by atoms with Gasteiger partial charge in [0.1, 0.15) is 16.5 Å². The van der Waals surface area contributed by atoms with Crippen LogP contribution in [0.1, 0.15) is 16.7 Å². The van der Waals surface area contributed by atoms with Crippen LogP contribution in [-0.4, -0.2) is 34.5 Å². The van der Waals surface area contributed by atoms with Gasteiger partial charge in [-0.25, -0.2) is 8.42 Å². The third kappa shape index (κ3) is 3.61. The first-order chi connectivity index (χ1) is 11.9. The Balaban J connectivity index is 1.95. The minimum atomic E-state index is -3.77. The van der Waals surface area contributed by atoms with E-state index in [0.29, 0.717) is 11.4 Å². The van der Waals surface area contributed by atoms with Gasteiger partial charge in [0.25, 0.3) is 10.0 Å². The molecule has 0 fully saturated rings. The van der Waals surface area contributed by atoms with Crippen LogP contribution in [0.15, 0.2) is 46.3 Å². The summed E-state index contributed by atoms with van der Waals surface area (Å²) in [6, 6.07) is 10.5. The number of hydrogen-bond acceptors (Lipinski definition) is 5. The summed E-state index contributed by atoms with van der Waals surface area (Å²) in [6.45, 7) is 5.31. The number of hydrogen-bond donors (Lipinski definition) is 2. The molecule has 25 heavy (non-hydrogen) atoms. The number of nitrogens with one attached hydrogen (secondary N) is 2. The monoisotopic (exact) mass is 359 g/mol. The number of aliphatic imine (C=N–C) groups is 1. The van der Waals surface area contributed by atoms with Crippen LogP contribution in [0.25, 0.3) is 0 Å². The lowest BCUT2D eigenvalue weighted by Crippen LogP contribution is -2.20. The van der Waals surface area contributed by atoms with Gasteiger partial charge in [-0.15, -0.1) is 0 Å². The number of rotatable bonds is 5. The van der Waals surface area contributed by atoms with E-state index < -0.39 is 10.0 Å². The summed E-state index contributed by atoms with van der Waals surface area (Å²) in [5, 5.41) is 3.18. The second-order valence-electron chi connectivity index (χ2n) is 5.93. The molecule has 132 valence electrons. The summed E-state index contributed by atoms with van der Waals surface area (Å²) in [7, 11) is -2.30. The van der Waals surface area contributed by atoms with Gasteiger partial charge < -0.3 is 10.1 Å². The number of aryl methyl sites for hydroxylation is 2. The molecule has 0 aromatic heterocycles. The van der Waals surface area contributed by atoms with Crippen molar-refractivity contribution < 1.29 is 13.2 Å². The Bertz CT molecular complexity index is 937. The van der Waals surface area contributed by atoms with Crippen LogP contribution in [0, 0.1) is 13.8 Å². The first kappa shape index (κ1) is 17.3. The van der Waals surface area contributed by atoms with Crippen LogP contribution in [-0.2, 0) is 10.0 Å². The average Bonchev–Trinajstić information content (AvgIpc) is 3.11. The second-order valence-corrected chi connectivity index (χ2v) is 7.58. The first-order valence-corrected chi connectivity index (χ1v) is 9.46. The number of methoxy groups -OCH3 is 1. The summed E-state index contributed by atoms with van der Waals surface area (Å²) < 4.78 is 33.6. The van der Waals surface area contributed by atoms with E-state index in [4.69, 9.17) is 4.74 Å². The van der Waals surface area contributed by atoms with E-state index in [1.54, 1.807) is 30.3 Å². The van der Waals surface area contributed by atoms with Crippen molar-refractivity contribution in [2.45, 2.75) is 18.7 Å². The Labute approximate surface area is 148 Å². The summed E-state index contributed by atoms with van der Waals surface area (Å²) in [5.74, 6) is 1.11. The Morgan fingerprint density at radius 3 is 2.60 bits per heavy atom. The molecular weight excluding hydrogens is 338 g/mol. The molecule has 1 aliphatic rings. The molecule has 6 nitrogen and oxygen atoms in total. The number of anilines is 1. The quantitative estimate of drug-likeness (QED) is 0.859. The third-order valence-corrected chi connectivity index (χ3v) is 5.53.